The molecule has 1 heterocycles. The molecule has 96 valence electrons. The van der Waals surface area contributed by atoms with Gasteiger partial charge in [-0.3, -0.25) is 0 Å². The van der Waals surface area contributed by atoms with Crippen molar-refractivity contribution >= 4 is 12.2 Å². The predicted octanol–water partition coefficient (Wildman–Crippen LogP) is 3.58. The Morgan fingerprint density at radius 3 is 2.78 bits per heavy atom. The fourth-order valence-corrected chi connectivity index (χ4v) is 2.17. The molecule has 2 aromatic rings. The van der Waals surface area contributed by atoms with E-state index in [2.05, 4.69) is 16.5 Å². The van der Waals surface area contributed by atoms with E-state index in [1.54, 1.807) is 0 Å². The number of rotatable bonds is 6. The molecular formula is C14H18N2OS. The van der Waals surface area contributed by atoms with Crippen LogP contribution in [0.3, 0.4) is 0 Å². The summed E-state index contributed by atoms with van der Waals surface area (Å²) in [6.45, 7) is 3.74. The van der Waals surface area contributed by atoms with Crippen molar-refractivity contribution in [1.29, 1.82) is 0 Å². The lowest BCUT2D eigenvalue weighted by atomic mass is 10.3. The Bertz CT molecular complexity index is 530. The van der Waals surface area contributed by atoms with Gasteiger partial charge < -0.3 is 14.3 Å². The molecule has 0 bridgehead atoms. The van der Waals surface area contributed by atoms with Gasteiger partial charge >= 0.3 is 0 Å². The van der Waals surface area contributed by atoms with Crippen molar-refractivity contribution in [2.45, 2.75) is 26.3 Å². The SMILES string of the molecule is CCc1c[nH]c(=S)n1CCCOc1ccccc1. The molecule has 0 aliphatic carbocycles. The summed E-state index contributed by atoms with van der Waals surface area (Å²) in [7, 11) is 0. The number of aromatic amines is 1. The first-order valence-electron chi connectivity index (χ1n) is 6.26. The molecule has 0 radical (unpaired) electrons. The molecule has 0 amide bonds. The summed E-state index contributed by atoms with van der Waals surface area (Å²) in [4.78, 5) is 3.08. The molecule has 0 saturated heterocycles. The Morgan fingerprint density at radius 1 is 1.28 bits per heavy atom. The summed E-state index contributed by atoms with van der Waals surface area (Å²) < 4.78 is 8.60. The van der Waals surface area contributed by atoms with Gasteiger partial charge in [0.05, 0.1) is 6.61 Å². The quantitative estimate of drug-likeness (QED) is 0.637. The normalized spacial score (nSPS) is 10.5. The maximum absolute atomic E-state index is 5.66. The molecule has 0 atom stereocenters. The van der Waals surface area contributed by atoms with E-state index in [-0.39, 0.29) is 0 Å². The molecule has 0 fully saturated rings. The number of nitrogens with zero attached hydrogens (tertiary/aromatic N) is 1. The van der Waals surface area contributed by atoms with Gasteiger partial charge in [0.2, 0.25) is 0 Å². The van der Waals surface area contributed by atoms with Crippen molar-refractivity contribution in [2.75, 3.05) is 6.61 Å². The maximum atomic E-state index is 5.66. The fourth-order valence-electron chi connectivity index (χ4n) is 1.90. The lowest BCUT2D eigenvalue weighted by Crippen LogP contribution is -2.07. The van der Waals surface area contributed by atoms with Crippen molar-refractivity contribution in [2.24, 2.45) is 0 Å². The summed E-state index contributed by atoms with van der Waals surface area (Å²) in [5.74, 6) is 0.922. The van der Waals surface area contributed by atoms with E-state index in [1.165, 1.54) is 5.69 Å². The van der Waals surface area contributed by atoms with Crippen LogP contribution in [0.2, 0.25) is 0 Å². The third kappa shape index (κ3) is 3.23. The number of benzene rings is 1. The predicted molar refractivity (Wildman–Crippen MR) is 75.5 cm³/mol. The number of para-hydroxylation sites is 1. The minimum atomic E-state index is 0.708. The Labute approximate surface area is 112 Å². The highest BCUT2D eigenvalue weighted by Crippen LogP contribution is 2.09. The van der Waals surface area contributed by atoms with E-state index in [9.17, 15) is 0 Å². The van der Waals surface area contributed by atoms with Crippen LogP contribution >= 0.6 is 12.2 Å². The number of ether oxygens (including phenoxy) is 1. The molecule has 1 N–H and O–H groups in total. The van der Waals surface area contributed by atoms with Gasteiger partial charge in [0, 0.05) is 18.4 Å². The van der Waals surface area contributed by atoms with Gasteiger partial charge in [-0.2, -0.15) is 0 Å². The molecular weight excluding hydrogens is 244 g/mol. The number of aromatic nitrogens is 2. The van der Waals surface area contributed by atoms with E-state index < -0.39 is 0 Å². The number of imidazole rings is 1. The van der Waals surface area contributed by atoms with Gasteiger partial charge in [0.15, 0.2) is 4.77 Å². The average Bonchev–Trinajstić information content (AvgIpc) is 2.77. The summed E-state index contributed by atoms with van der Waals surface area (Å²) in [5, 5.41) is 0. The molecule has 0 aliphatic rings. The zero-order chi connectivity index (χ0) is 12.8. The van der Waals surface area contributed by atoms with E-state index in [4.69, 9.17) is 17.0 Å². The molecule has 3 nitrogen and oxygen atoms in total. The van der Waals surface area contributed by atoms with E-state index in [1.807, 2.05) is 36.5 Å². The van der Waals surface area contributed by atoms with Crippen LogP contribution in [0.1, 0.15) is 19.0 Å². The monoisotopic (exact) mass is 262 g/mol. The zero-order valence-electron chi connectivity index (χ0n) is 10.6. The van der Waals surface area contributed by atoms with Crippen LogP contribution < -0.4 is 4.74 Å². The largest absolute Gasteiger partial charge is 0.494 e. The minimum absolute atomic E-state index is 0.708. The fraction of sp³-hybridized carbons (Fsp3) is 0.357. The summed E-state index contributed by atoms with van der Waals surface area (Å²) >= 11 is 5.25. The summed E-state index contributed by atoms with van der Waals surface area (Å²) in [5.41, 5.74) is 1.25. The molecule has 0 saturated carbocycles. The van der Waals surface area contributed by atoms with Crippen LogP contribution in [0.5, 0.6) is 5.75 Å². The second kappa shape index (κ2) is 6.40. The van der Waals surface area contributed by atoms with Gasteiger partial charge in [-0.1, -0.05) is 25.1 Å². The van der Waals surface area contributed by atoms with Crippen LogP contribution in [0, 0.1) is 4.77 Å². The number of hydrogen-bond acceptors (Lipinski definition) is 2. The first-order chi connectivity index (χ1) is 8.81. The van der Waals surface area contributed by atoms with Gasteiger partial charge in [-0.15, -0.1) is 0 Å². The van der Waals surface area contributed by atoms with E-state index in [0.717, 1.165) is 29.9 Å². The Balaban J connectivity index is 1.82. The highest BCUT2D eigenvalue weighted by atomic mass is 32.1. The Kier molecular flexibility index (Phi) is 4.59. The lowest BCUT2D eigenvalue weighted by molar-refractivity contribution is 0.301. The molecule has 0 unspecified atom stereocenters. The minimum Gasteiger partial charge on any atom is -0.494 e. The standard InChI is InChI=1S/C14H18N2OS/c1-2-12-11-15-14(18)16(12)9-6-10-17-13-7-4-3-5-8-13/h3-5,7-8,11H,2,6,9-10H2,1H3,(H,15,18). The van der Waals surface area contributed by atoms with Gasteiger partial charge in [-0.25, -0.2) is 0 Å². The van der Waals surface area contributed by atoms with Crippen LogP contribution in [0.25, 0.3) is 0 Å². The third-order valence-electron chi connectivity index (χ3n) is 2.85. The van der Waals surface area contributed by atoms with Crippen molar-refractivity contribution < 1.29 is 4.74 Å². The second-order valence-corrected chi connectivity index (χ2v) is 4.49. The molecule has 18 heavy (non-hydrogen) atoms. The maximum Gasteiger partial charge on any atom is 0.177 e. The Hall–Kier alpha value is -1.55. The van der Waals surface area contributed by atoms with Crippen LogP contribution in [0.4, 0.5) is 0 Å². The second-order valence-electron chi connectivity index (χ2n) is 4.11. The molecule has 0 aliphatic heterocycles. The van der Waals surface area contributed by atoms with Crippen molar-refractivity contribution in [3.8, 4) is 5.75 Å². The zero-order valence-corrected chi connectivity index (χ0v) is 11.4. The highest BCUT2D eigenvalue weighted by molar-refractivity contribution is 7.71. The van der Waals surface area contributed by atoms with Crippen LogP contribution in [0.15, 0.2) is 36.5 Å². The number of H-pyrrole nitrogens is 1. The molecule has 4 heteroatoms. The van der Waals surface area contributed by atoms with Crippen molar-refractivity contribution in [3.63, 3.8) is 0 Å². The van der Waals surface area contributed by atoms with Crippen molar-refractivity contribution in [1.82, 2.24) is 9.55 Å². The van der Waals surface area contributed by atoms with Gasteiger partial charge in [0.25, 0.3) is 0 Å². The molecule has 1 aromatic heterocycles. The summed E-state index contributed by atoms with van der Waals surface area (Å²) in [6, 6.07) is 9.89. The van der Waals surface area contributed by atoms with Crippen molar-refractivity contribution in [3.05, 3.63) is 47.0 Å². The van der Waals surface area contributed by atoms with Gasteiger partial charge in [0.1, 0.15) is 5.75 Å². The topological polar surface area (TPSA) is 29.9 Å². The van der Waals surface area contributed by atoms with Gasteiger partial charge in [-0.05, 0) is 37.2 Å². The number of nitrogens with one attached hydrogen (secondary N) is 1. The smallest absolute Gasteiger partial charge is 0.177 e. The van der Waals surface area contributed by atoms with E-state index >= 15 is 0 Å². The highest BCUT2D eigenvalue weighted by Gasteiger charge is 2.01. The molecule has 2 rings (SSSR count). The average molecular weight is 262 g/mol. The van der Waals surface area contributed by atoms with E-state index in [0.29, 0.717) is 6.61 Å². The molecule has 1 aromatic carbocycles. The third-order valence-corrected chi connectivity index (χ3v) is 3.19. The van der Waals surface area contributed by atoms with Crippen LogP contribution in [-0.4, -0.2) is 16.2 Å². The number of hydrogen-bond donors (Lipinski definition) is 1. The lowest BCUT2D eigenvalue weighted by Gasteiger charge is -2.08. The first kappa shape index (κ1) is 12.9. The number of aryl methyl sites for hydroxylation is 1. The Morgan fingerprint density at radius 2 is 2.06 bits per heavy atom. The first-order valence-corrected chi connectivity index (χ1v) is 6.67. The summed E-state index contributed by atoms with van der Waals surface area (Å²) in [6.07, 6.45) is 3.93. The van der Waals surface area contributed by atoms with Crippen LogP contribution in [-0.2, 0) is 13.0 Å². The molecule has 0 spiro atoms.